The number of ether oxygens (including phenoxy) is 1. The summed E-state index contributed by atoms with van der Waals surface area (Å²) in [7, 11) is 0. The van der Waals surface area contributed by atoms with Crippen molar-refractivity contribution < 1.29 is 4.74 Å². The first-order valence-corrected chi connectivity index (χ1v) is 7.48. The maximum Gasteiger partial charge on any atom is 0.138 e. The van der Waals surface area contributed by atoms with Gasteiger partial charge in [-0.3, -0.25) is 0 Å². The monoisotopic (exact) mass is 313 g/mol. The van der Waals surface area contributed by atoms with Crippen molar-refractivity contribution in [3.05, 3.63) is 28.2 Å². The van der Waals surface area contributed by atoms with Crippen LogP contribution in [-0.2, 0) is 6.54 Å². The number of hydrogen-bond acceptors (Lipinski definition) is 2. The van der Waals surface area contributed by atoms with E-state index in [2.05, 4.69) is 61.1 Å². The van der Waals surface area contributed by atoms with E-state index in [-0.39, 0.29) is 6.10 Å². The molecule has 0 aliphatic rings. The lowest BCUT2D eigenvalue weighted by molar-refractivity contribution is 0.213. The summed E-state index contributed by atoms with van der Waals surface area (Å²) in [5.74, 6) is 1.64. The minimum Gasteiger partial charge on any atom is -0.489 e. The zero-order chi connectivity index (χ0) is 13.5. The van der Waals surface area contributed by atoms with Gasteiger partial charge in [0.1, 0.15) is 5.75 Å². The van der Waals surface area contributed by atoms with E-state index in [0.717, 1.165) is 29.7 Å². The molecule has 0 radical (unpaired) electrons. The molecule has 1 aromatic rings. The van der Waals surface area contributed by atoms with Gasteiger partial charge in [-0.25, -0.2) is 0 Å². The fraction of sp³-hybridized carbons (Fsp3) is 0.600. The summed E-state index contributed by atoms with van der Waals surface area (Å²) in [5, 5.41) is 3.46. The molecule has 102 valence electrons. The van der Waals surface area contributed by atoms with Crippen LogP contribution in [0, 0.1) is 5.92 Å². The van der Waals surface area contributed by atoms with E-state index in [9.17, 15) is 0 Å². The van der Waals surface area contributed by atoms with Crippen LogP contribution in [0.3, 0.4) is 0 Å². The smallest absolute Gasteiger partial charge is 0.138 e. The van der Waals surface area contributed by atoms with Gasteiger partial charge in [0.2, 0.25) is 0 Å². The lowest BCUT2D eigenvalue weighted by atomic mass is 10.1. The highest BCUT2D eigenvalue weighted by Gasteiger charge is 2.10. The molecular formula is C15H24BrNO. The van der Waals surface area contributed by atoms with Crippen molar-refractivity contribution >= 4 is 15.9 Å². The fourth-order valence-electron chi connectivity index (χ4n) is 1.60. The Morgan fingerprint density at radius 2 is 2.00 bits per heavy atom. The van der Waals surface area contributed by atoms with Crippen LogP contribution in [0.15, 0.2) is 22.7 Å². The van der Waals surface area contributed by atoms with E-state index in [4.69, 9.17) is 4.74 Å². The van der Waals surface area contributed by atoms with Crippen molar-refractivity contribution in [1.29, 1.82) is 0 Å². The zero-order valence-electron chi connectivity index (χ0n) is 11.8. The summed E-state index contributed by atoms with van der Waals surface area (Å²) >= 11 is 3.57. The molecule has 1 unspecified atom stereocenters. The molecule has 0 heterocycles. The second-order valence-electron chi connectivity index (χ2n) is 5.09. The third-order valence-corrected chi connectivity index (χ3v) is 3.43. The van der Waals surface area contributed by atoms with Gasteiger partial charge < -0.3 is 10.1 Å². The van der Waals surface area contributed by atoms with Crippen molar-refractivity contribution in [2.75, 3.05) is 6.54 Å². The molecule has 0 bridgehead atoms. The summed E-state index contributed by atoms with van der Waals surface area (Å²) in [5.41, 5.74) is 1.21. The molecule has 0 saturated carbocycles. The Labute approximate surface area is 119 Å². The number of hydrogen-bond donors (Lipinski definition) is 1. The minimum atomic E-state index is 0.243. The van der Waals surface area contributed by atoms with Crippen molar-refractivity contribution in [3.63, 3.8) is 0 Å². The predicted octanol–water partition coefficient (Wildman–Crippen LogP) is 4.37. The minimum absolute atomic E-state index is 0.243. The number of rotatable bonds is 7. The van der Waals surface area contributed by atoms with Gasteiger partial charge in [0.25, 0.3) is 0 Å². The fourth-order valence-corrected chi connectivity index (χ4v) is 2.11. The molecular weight excluding hydrogens is 290 g/mol. The molecule has 0 amide bonds. The third-order valence-electron chi connectivity index (χ3n) is 2.81. The van der Waals surface area contributed by atoms with Crippen LogP contribution in [0.2, 0.25) is 0 Å². The largest absolute Gasteiger partial charge is 0.489 e. The molecule has 0 aliphatic carbocycles. The standard InChI is InChI=1S/C15H24BrNO/c1-5-12(4)18-15-13(7-6-8-14(15)16)10-17-9-11(2)3/h6-8,11-12,17H,5,9-10H2,1-4H3. The maximum absolute atomic E-state index is 6.00. The normalized spacial score (nSPS) is 12.8. The molecule has 1 N–H and O–H groups in total. The van der Waals surface area contributed by atoms with Crippen LogP contribution >= 0.6 is 15.9 Å². The Balaban J connectivity index is 2.73. The molecule has 2 nitrogen and oxygen atoms in total. The highest BCUT2D eigenvalue weighted by Crippen LogP contribution is 2.30. The van der Waals surface area contributed by atoms with Crippen molar-refractivity contribution in [1.82, 2.24) is 5.32 Å². The van der Waals surface area contributed by atoms with Crippen LogP contribution in [0.4, 0.5) is 0 Å². The summed E-state index contributed by atoms with van der Waals surface area (Å²) in [4.78, 5) is 0. The Morgan fingerprint density at radius 3 is 2.61 bits per heavy atom. The first-order valence-electron chi connectivity index (χ1n) is 6.69. The molecule has 0 saturated heterocycles. The van der Waals surface area contributed by atoms with Gasteiger partial charge in [-0.2, -0.15) is 0 Å². The molecule has 0 aromatic heterocycles. The molecule has 0 spiro atoms. The quantitative estimate of drug-likeness (QED) is 0.807. The number of para-hydroxylation sites is 1. The summed E-state index contributed by atoms with van der Waals surface area (Å²) in [6, 6.07) is 6.21. The van der Waals surface area contributed by atoms with Gasteiger partial charge in [-0.1, -0.05) is 32.9 Å². The van der Waals surface area contributed by atoms with E-state index < -0.39 is 0 Å². The van der Waals surface area contributed by atoms with Crippen LogP contribution in [0.5, 0.6) is 5.75 Å². The molecule has 3 heteroatoms. The highest BCUT2D eigenvalue weighted by molar-refractivity contribution is 9.10. The molecule has 0 fully saturated rings. The van der Waals surface area contributed by atoms with E-state index in [1.807, 2.05) is 6.07 Å². The zero-order valence-corrected chi connectivity index (χ0v) is 13.4. The molecule has 1 aromatic carbocycles. The number of halogens is 1. The van der Waals surface area contributed by atoms with Gasteiger partial charge in [0.15, 0.2) is 0 Å². The van der Waals surface area contributed by atoms with Crippen molar-refractivity contribution in [2.24, 2.45) is 5.92 Å². The van der Waals surface area contributed by atoms with Crippen LogP contribution < -0.4 is 10.1 Å². The topological polar surface area (TPSA) is 21.3 Å². The van der Waals surface area contributed by atoms with Crippen molar-refractivity contribution in [3.8, 4) is 5.75 Å². The van der Waals surface area contributed by atoms with E-state index in [1.165, 1.54) is 5.56 Å². The molecule has 1 atom stereocenters. The summed E-state index contributed by atoms with van der Waals surface area (Å²) in [6.45, 7) is 10.5. The first-order chi connectivity index (χ1) is 8.54. The summed E-state index contributed by atoms with van der Waals surface area (Å²) in [6.07, 6.45) is 1.26. The molecule has 1 rings (SSSR count). The van der Waals surface area contributed by atoms with Gasteiger partial charge in [-0.05, 0) is 47.8 Å². The van der Waals surface area contributed by atoms with Gasteiger partial charge >= 0.3 is 0 Å². The van der Waals surface area contributed by atoms with E-state index in [1.54, 1.807) is 0 Å². The lowest BCUT2D eigenvalue weighted by Gasteiger charge is -2.18. The average molecular weight is 314 g/mol. The van der Waals surface area contributed by atoms with Crippen LogP contribution in [0.25, 0.3) is 0 Å². The second-order valence-corrected chi connectivity index (χ2v) is 5.94. The van der Waals surface area contributed by atoms with Crippen molar-refractivity contribution in [2.45, 2.75) is 46.8 Å². The second kappa shape index (κ2) is 7.80. The molecule has 18 heavy (non-hydrogen) atoms. The predicted molar refractivity (Wildman–Crippen MR) is 81.1 cm³/mol. The third kappa shape index (κ3) is 4.99. The Bertz CT molecular complexity index is 366. The highest BCUT2D eigenvalue weighted by atomic mass is 79.9. The SMILES string of the molecule is CCC(C)Oc1c(Br)cccc1CNCC(C)C. The van der Waals surface area contributed by atoms with E-state index >= 15 is 0 Å². The molecule has 0 aliphatic heterocycles. The van der Waals surface area contributed by atoms with Gasteiger partial charge in [0.05, 0.1) is 10.6 Å². The van der Waals surface area contributed by atoms with E-state index in [0.29, 0.717) is 5.92 Å². The Morgan fingerprint density at radius 1 is 1.28 bits per heavy atom. The van der Waals surface area contributed by atoms with Gasteiger partial charge in [-0.15, -0.1) is 0 Å². The lowest BCUT2D eigenvalue weighted by Crippen LogP contribution is -2.20. The van der Waals surface area contributed by atoms with Crippen LogP contribution in [0.1, 0.15) is 39.7 Å². The van der Waals surface area contributed by atoms with Crippen LogP contribution in [-0.4, -0.2) is 12.6 Å². The average Bonchev–Trinajstić information content (AvgIpc) is 2.32. The van der Waals surface area contributed by atoms with Gasteiger partial charge in [0, 0.05) is 12.1 Å². The number of benzene rings is 1. The Hall–Kier alpha value is -0.540. The maximum atomic E-state index is 6.00. The number of nitrogens with one attached hydrogen (secondary N) is 1. The summed E-state index contributed by atoms with van der Waals surface area (Å²) < 4.78 is 7.03. The first kappa shape index (κ1) is 15.5. The Kier molecular flexibility index (Phi) is 6.72.